The number of aromatic amines is 1. The lowest BCUT2D eigenvalue weighted by Gasteiger charge is -2.07. The van der Waals surface area contributed by atoms with Gasteiger partial charge >= 0.3 is 0 Å². The summed E-state index contributed by atoms with van der Waals surface area (Å²) >= 11 is 1.45. The molecule has 0 aliphatic rings. The summed E-state index contributed by atoms with van der Waals surface area (Å²) in [6.07, 6.45) is 3.30. The molecule has 2 heterocycles. The zero-order chi connectivity index (χ0) is 19.1. The standard InChI is InChI=1S/C20H21N3O3S/c1-2-5-16-11-18(24)23-20(22-16)27-13-14-6-3-7-15(10-14)19(25)21-12-17-8-4-9-26-17/h3-4,6-11H,2,5,12-13H2,1H3,(H,21,25)(H,22,23,24). The molecule has 0 bridgehead atoms. The van der Waals surface area contributed by atoms with Gasteiger partial charge in [-0.15, -0.1) is 0 Å². The van der Waals surface area contributed by atoms with Gasteiger partial charge in [0.25, 0.3) is 11.5 Å². The minimum Gasteiger partial charge on any atom is -0.467 e. The topological polar surface area (TPSA) is 88.0 Å². The Hall–Kier alpha value is -2.80. The summed E-state index contributed by atoms with van der Waals surface area (Å²) in [5.41, 5.74) is 2.23. The number of benzene rings is 1. The molecule has 0 aliphatic carbocycles. The first kappa shape index (κ1) is 19.0. The Balaban J connectivity index is 1.62. The van der Waals surface area contributed by atoms with Crippen molar-refractivity contribution >= 4 is 17.7 Å². The van der Waals surface area contributed by atoms with Crippen LogP contribution >= 0.6 is 11.8 Å². The molecule has 2 N–H and O–H groups in total. The van der Waals surface area contributed by atoms with Crippen LogP contribution < -0.4 is 10.9 Å². The lowest BCUT2D eigenvalue weighted by Crippen LogP contribution is -2.22. The second kappa shape index (κ2) is 9.23. The molecule has 6 nitrogen and oxygen atoms in total. The van der Waals surface area contributed by atoms with Gasteiger partial charge in [0.2, 0.25) is 0 Å². The molecule has 0 aliphatic heterocycles. The molecule has 3 aromatic rings. The van der Waals surface area contributed by atoms with Gasteiger partial charge in [-0.05, 0) is 36.2 Å². The number of thioether (sulfide) groups is 1. The summed E-state index contributed by atoms with van der Waals surface area (Å²) in [6, 6.07) is 12.6. The van der Waals surface area contributed by atoms with E-state index < -0.39 is 0 Å². The molecule has 0 unspecified atom stereocenters. The van der Waals surface area contributed by atoms with Gasteiger partial charge in [0.15, 0.2) is 5.16 Å². The Labute approximate surface area is 161 Å². The second-order valence-corrected chi connectivity index (χ2v) is 7.01. The van der Waals surface area contributed by atoms with E-state index in [1.807, 2.05) is 24.3 Å². The van der Waals surface area contributed by atoms with E-state index >= 15 is 0 Å². The highest BCUT2D eigenvalue weighted by atomic mass is 32.2. The third kappa shape index (κ3) is 5.59. The Morgan fingerprint density at radius 1 is 1.26 bits per heavy atom. The summed E-state index contributed by atoms with van der Waals surface area (Å²) in [5, 5.41) is 3.43. The average molecular weight is 383 g/mol. The lowest BCUT2D eigenvalue weighted by molar-refractivity contribution is 0.0948. The highest BCUT2D eigenvalue weighted by molar-refractivity contribution is 7.98. The van der Waals surface area contributed by atoms with E-state index in [4.69, 9.17) is 4.42 Å². The molecule has 7 heteroatoms. The molecule has 0 radical (unpaired) electrons. The number of amides is 1. The molecule has 27 heavy (non-hydrogen) atoms. The van der Waals surface area contributed by atoms with E-state index in [0.717, 1.165) is 24.1 Å². The van der Waals surface area contributed by atoms with Crippen LogP contribution in [0, 0.1) is 0 Å². The first-order chi connectivity index (χ1) is 13.1. The third-order valence-corrected chi connectivity index (χ3v) is 4.79. The van der Waals surface area contributed by atoms with Crippen molar-refractivity contribution in [1.82, 2.24) is 15.3 Å². The van der Waals surface area contributed by atoms with Gasteiger partial charge in [-0.2, -0.15) is 0 Å². The maximum atomic E-state index is 12.3. The van der Waals surface area contributed by atoms with Gasteiger partial charge in [-0.3, -0.25) is 9.59 Å². The number of carbonyl (C=O) groups excluding carboxylic acids is 1. The number of nitrogens with zero attached hydrogens (tertiary/aromatic N) is 1. The molecule has 2 aromatic heterocycles. The van der Waals surface area contributed by atoms with Crippen LogP contribution in [0.2, 0.25) is 0 Å². The number of hydrogen-bond donors (Lipinski definition) is 2. The van der Waals surface area contributed by atoms with Crippen LogP contribution in [0.4, 0.5) is 0 Å². The summed E-state index contributed by atoms with van der Waals surface area (Å²) in [4.78, 5) is 31.3. The van der Waals surface area contributed by atoms with Crippen molar-refractivity contribution in [3.8, 4) is 0 Å². The molecular formula is C20H21N3O3S. The molecule has 1 aromatic carbocycles. The highest BCUT2D eigenvalue weighted by Crippen LogP contribution is 2.19. The van der Waals surface area contributed by atoms with E-state index in [1.54, 1.807) is 18.4 Å². The fraction of sp³-hybridized carbons (Fsp3) is 0.250. The van der Waals surface area contributed by atoms with Crippen molar-refractivity contribution in [2.45, 2.75) is 37.2 Å². The molecule has 1 amide bonds. The smallest absolute Gasteiger partial charge is 0.251 e. The Morgan fingerprint density at radius 3 is 2.93 bits per heavy atom. The van der Waals surface area contributed by atoms with Crippen molar-refractivity contribution in [2.24, 2.45) is 0 Å². The summed E-state index contributed by atoms with van der Waals surface area (Å²) in [5.74, 6) is 1.16. The van der Waals surface area contributed by atoms with E-state index in [1.165, 1.54) is 17.8 Å². The van der Waals surface area contributed by atoms with Gasteiger partial charge in [-0.1, -0.05) is 37.2 Å². The Kier molecular flexibility index (Phi) is 6.49. The van der Waals surface area contributed by atoms with Gasteiger partial charge in [0.05, 0.1) is 12.8 Å². The lowest BCUT2D eigenvalue weighted by atomic mass is 10.1. The van der Waals surface area contributed by atoms with Crippen LogP contribution in [0.15, 0.2) is 63.1 Å². The monoisotopic (exact) mass is 383 g/mol. The minimum absolute atomic E-state index is 0.137. The largest absolute Gasteiger partial charge is 0.467 e. The van der Waals surface area contributed by atoms with Crippen molar-refractivity contribution in [3.63, 3.8) is 0 Å². The van der Waals surface area contributed by atoms with Crippen LogP contribution in [0.5, 0.6) is 0 Å². The normalized spacial score (nSPS) is 10.7. The number of nitrogens with one attached hydrogen (secondary N) is 2. The van der Waals surface area contributed by atoms with E-state index in [9.17, 15) is 9.59 Å². The van der Waals surface area contributed by atoms with Crippen LogP contribution in [0.25, 0.3) is 0 Å². The maximum Gasteiger partial charge on any atom is 0.251 e. The van der Waals surface area contributed by atoms with Gasteiger partial charge in [-0.25, -0.2) is 4.98 Å². The summed E-state index contributed by atoms with van der Waals surface area (Å²) in [7, 11) is 0. The molecule has 140 valence electrons. The number of aromatic nitrogens is 2. The molecule has 0 spiro atoms. The van der Waals surface area contributed by atoms with Crippen LogP contribution in [-0.4, -0.2) is 15.9 Å². The van der Waals surface area contributed by atoms with E-state index in [-0.39, 0.29) is 11.5 Å². The fourth-order valence-electron chi connectivity index (χ4n) is 2.57. The molecule has 0 fully saturated rings. The van der Waals surface area contributed by atoms with Crippen molar-refractivity contribution < 1.29 is 9.21 Å². The van der Waals surface area contributed by atoms with Crippen LogP contribution in [0.3, 0.4) is 0 Å². The molecule has 3 rings (SSSR count). The zero-order valence-corrected chi connectivity index (χ0v) is 15.8. The molecule has 0 saturated carbocycles. The number of carbonyl (C=O) groups is 1. The van der Waals surface area contributed by atoms with Crippen LogP contribution in [-0.2, 0) is 18.7 Å². The predicted molar refractivity (Wildman–Crippen MR) is 105 cm³/mol. The van der Waals surface area contributed by atoms with Gasteiger partial charge < -0.3 is 14.7 Å². The molecule has 0 saturated heterocycles. The Bertz CT molecular complexity index is 951. The summed E-state index contributed by atoms with van der Waals surface area (Å²) in [6.45, 7) is 2.40. The number of H-pyrrole nitrogens is 1. The SMILES string of the molecule is CCCc1cc(=O)[nH]c(SCc2cccc(C(=O)NCc3ccco3)c2)n1. The average Bonchev–Trinajstić information content (AvgIpc) is 3.18. The van der Waals surface area contributed by atoms with E-state index in [2.05, 4.69) is 22.2 Å². The van der Waals surface area contributed by atoms with Crippen molar-refractivity contribution in [2.75, 3.05) is 0 Å². The molecular weight excluding hydrogens is 362 g/mol. The zero-order valence-electron chi connectivity index (χ0n) is 15.0. The number of rotatable bonds is 8. The van der Waals surface area contributed by atoms with Crippen molar-refractivity contribution in [1.29, 1.82) is 0 Å². The molecule has 0 atom stereocenters. The summed E-state index contributed by atoms with van der Waals surface area (Å²) < 4.78 is 5.21. The first-order valence-corrected chi connectivity index (χ1v) is 9.75. The van der Waals surface area contributed by atoms with Gasteiger partial charge in [0.1, 0.15) is 5.76 Å². The van der Waals surface area contributed by atoms with Gasteiger partial charge in [0, 0.05) is 23.1 Å². The third-order valence-electron chi connectivity index (χ3n) is 3.85. The Morgan fingerprint density at radius 2 is 2.15 bits per heavy atom. The fourth-order valence-corrected chi connectivity index (χ4v) is 3.41. The minimum atomic E-state index is -0.158. The van der Waals surface area contributed by atoms with Crippen LogP contribution in [0.1, 0.15) is 40.7 Å². The quantitative estimate of drug-likeness (QED) is 0.459. The second-order valence-electron chi connectivity index (χ2n) is 6.04. The van der Waals surface area contributed by atoms with Crippen molar-refractivity contribution in [3.05, 3.63) is 81.7 Å². The number of hydrogen-bond acceptors (Lipinski definition) is 5. The van der Waals surface area contributed by atoms with E-state index in [0.29, 0.717) is 28.8 Å². The highest BCUT2D eigenvalue weighted by Gasteiger charge is 2.08. The number of furan rings is 1. The predicted octanol–water partition coefficient (Wildman–Crippen LogP) is 3.54. The maximum absolute atomic E-state index is 12.3. The number of aryl methyl sites for hydroxylation is 1. The first-order valence-electron chi connectivity index (χ1n) is 8.76.